The van der Waals surface area contributed by atoms with Crippen LogP contribution in [0, 0.1) is 16.0 Å². The first-order chi connectivity index (χ1) is 10.4. The van der Waals surface area contributed by atoms with E-state index >= 15 is 0 Å². The van der Waals surface area contributed by atoms with Crippen molar-refractivity contribution in [1.29, 1.82) is 0 Å². The van der Waals surface area contributed by atoms with Crippen LogP contribution in [0.4, 0.5) is 0 Å². The number of nitrogens with zero attached hydrogens (tertiary/aromatic N) is 3. The van der Waals surface area contributed by atoms with Gasteiger partial charge in [-0.05, 0) is 13.3 Å². The smallest absolute Gasteiger partial charge is 0.256 e. The number of guanidine groups is 1. The maximum atomic E-state index is 10.8. The van der Waals surface area contributed by atoms with Crippen LogP contribution in [-0.2, 0) is 9.47 Å². The number of likely N-dealkylation sites (N-methyl/N-ethyl adjacent to an activating group) is 1. The topological polar surface area (TPSA) is 109 Å². The number of hydrazine groups is 1. The highest BCUT2D eigenvalue weighted by Crippen LogP contribution is 2.16. The fourth-order valence-corrected chi connectivity index (χ4v) is 2.32. The van der Waals surface area contributed by atoms with Crippen molar-refractivity contribution in [3.63, 3.8) is 0 Å². The maximum absolute atomic E-state index is 10.8. The molecule has 1 aliphatic heterocycles. The molecule has 1 rings (SSSR count). The lowest BCUT2D eigenvalue weighted by Crippen LogP contribution is -2.49. The van der Waals surface area contributed by atoms with E-state index in [-0.39, 0.29) is 12.6 Å². The summed E-state index contributed by atoms with van der Waals surface area (Å²) < 4.78 is 10.7. The third-order valence-corrected chi connectivity index (χ3v) is 3.78. The van der Waals surface area contributed by atoms with Crippen molar-refractivity contribution in [2.75, 3.05) is 47.1 Å². The van der Waals surface area contributed by atoms with Gasteiger partial charge in [-0.15, -0.1) is 0 Å². The molecule has 1 saturated heterocycles. The molecule has 2 atom stereocenters. The number of hydrogen-bond donors (Lipinski definition) is 2. The molecule has 2 N–H and O–H groups in total. The molecule has 128 valence electrons. The first-order valence-corrected chi connectivity index (χ1v) is 7.30. The largest absolute Gasteiger partial charge is 0.396 e. The van der Waals surface area contributed by atoms with E-state index in [0.29, 0.717) is 38.6 Å². The average Bonchev–Trinajstić information content (AvgIpc) is 2.96. The Labute approximate surface area is 130 Å². The van der Waals surface area contributed by atoms with Crippen LogP contribution in [0.1, 0.15) is 19.8 Å². The van der Waals surface area contributed by atoms with Crippen LogP contribution in [0.15, 0.2) is 4.99 Å². The molecule has 0 aromatic carbocycles. The van der Waals surface area contributed by atoms with E-state index in [1.165, 1.54) is 0 Å². The second-order valence-corrected chi connectivity index (χ2v) is 5.75. The Bertz CT molecular complexity index is 387. The van der Waals surface area contributed by atoms with E-state index in [0.717, 1.165) is 6.42 Å². The van der Waals surface area contributed by atoms with Gasteiger partial charge in [-0.3, -0.25) is 0 Å². The fraction of sp³-hybridized carbons (Fsp3) is 0.923. The molecule has 0 bridgehead atoms. The van der Waals surface area contributed by atoms with Gasteiger partial charge in [0.2, 0.25) is 0 Å². The van der Waals surface area contributed by atoms with Crippen LogP contribution < -0.4 is 5.43 Å². The van der Waals surface area contributed by atoms with Gasteiger partial charge in [0.05, 0.1) is 12.2 Å². The van der Waals surface area contributed by atoms with E-state index in [1.54, 1.807) is 19.1 Å². The van der Waals surface area contributed by atoms with Gasteiger partial charge in [-0.25, -0.2) is 15.1 Å². The molecule has 0 aliphatic carbocycles. The van der Waals surface area contributed by atoms with E-state index in [2.05, 4.69) is 10.4 Å². The van der Waals surface area contributed by atoms with Crippen LogP contribution in [0.2, 0.25) is 0 Å². The van der Waals surface area contributed by atoms with E-state index in [9.17, 15) is 10.1 Å². The van der Waals surface area contributed by atoms with Crippen LogP contribution >= 0.6 is 0 Å². The summed E-state index contributed by atoms with van der Waals surface area (Å²) in [6.45, 7) is 4.02. The van der Waals surface area contributed by atoms with Crippen LogP contribution in [-0.4, -0.2) is 73.7 Å². The summed E-state index contributed by atoms with van der Waals surface area (Å²) in [4.78, 5) is 16.7. The lowest BCUT2D eigenvalue weighted by Gasteiger charge is -2.32. The van der Waals surface area contributed by atoms with Crippen molar-refractivity contribution < 1.29 is 19.6 Å². The zero-order valence-corrected chi connectivity index (χ0v) is 13.4. The summed E-state index contributed by atoms with van der Waals surface area (Å²) >= 11 is 0. The van der Waals surface area contributed by atoms with Crippen molar-refractivity contribution in [2.45, 2.75) is 25.4 Å². The van der Waals surface area contributed by atoms with Gasteiger partial charge in [0.25, 0.3) is 5.96 Å². The number of aliphatic hydroxyl groups excluding tert-OH is 1. The van der Waals surface area contributed by atoms with Crippen molar-refractivity contribution in [2.24, 2.45) is 10.9 Å². The third kappa shape index (κ3) is 6.12. The molecule has 0 aromatic rings. The molecule has 0 saturated carbocycles. The van der Waals surface area contributed by atoms with Crippen molar-refractivity contribution >= 4 is 5.96 Å². The second-order valence-electron chi connectivity index (χ2n) is 5.75. The summed E-state index contributed by atoms with van der Waals surface area (Å²) in [5, 5.41) is 19.2. The van der Waals surface area contributed by atoms with Gasteiger partial charge in [0.1, 0.15) is 0 Å². The molecular weight excluding hydrogens is 292 g/mol. The Balaban J connectivity index is 2.71. The SMILES string of the molecule is COC(C)(CCO)CN(C)C(=NCC1CCOC1)N[N+](=O)[O-]. The van der Waals surface area contributed by atoms with E-state index in [1.807, 2.05) is 6.92 Å². The molecule has 1 heterocycles. The lowest BCUT2D eigenvalue weighted by atomic mass is 10.0. The Kier molecular flexibility index (Phi) is 7.49. The Hall–Kier alpha value is -1.45. The van der Waals surface area contributed by atoms with Crippen molar-refractivity contribution in [3.05, 3.63) is 10.1 Å². The summed E-state index contributed by atoms with van der Waals surface area (Å²) in [5.41, 5.74) is 1.52. The first-order valence-electron chi connectivity index (χ1n) is 7.30. The molecule has 0 amide bonds. The quantitative estimate of drug-likeness (QED) is 0.278. The number of hydrogen-bond acceptors (Lipinski definition) is 6. The molecule has 1 fully saturated rings. The van der Waals surface area contributed by atoms with Crippen LogP contribution in [0.25, 0.3) is 0 Å². The minimum Gasteiger partial charge on any atom is -0.396 e. The molecule has 0 spiro atoms. The maximum Gasteiger partial charge on any atom is 0.256 e. The zero-order valence-electron chi connectivity index (χ0n) is 13.4. The van der Waals surface area contributed by atoms with Gasteiger partial charge in [0.15, 0.2) is 5.03 Å². The predicted molar refractivity (Wildman–Crippen MR) is 81.1 cm³/mol. The Morgan fingerprint density at radius 1 is 1.68 bits per heavy atom. The van der Waals surface area contributed by atoms with Crippen molar-refractivity contribution in [1.82, 2.24) is 10.3 Å². The van der Waals surface area contributed by atoms with Gasteiger partial charge >= 0.3 is 0 Å². The molecule has 2 unspecified atom stereocenters. The van der Waals surface area contributed by atoms with Gasteiger partial charge < -0.3 is 19.5 Å². The number of aliphatic imine (C=N–C) groups is 1. The van der Waals surface area contributed by atoms with Crippen LogP contribution in [0.5, 0.6) is 0 Å². The van der Waals surface area contributed by atoms with Gasteiger partial charge in [-0.2, -0.15) is 0 Å². The molecule has 0 aromatic heterocycles. The monoisotopic (exact) mass is 318 g/mol. The van der Waals surface area contributed by atoms with Crippen LogP contribution in [0.3, 0.4) is 0 Å². The van der Waals surface area contributed by atoms with Gasteiger partial charge in [0, 0.05) is 52.8 Å². The van der Waals surface area contributed by atoms with Crippen molar-refractivity contribution in [3.8, 4) is 0 Å². The standard InChI is InChI=1S/C13H26N4O5/c1-13(21-3,5-6-18)10-16(2)12(15-17(19)20)14-8-11-4-7-22-9-11/h11,18H,4-10H2,1-3H3,(H,14,15). The van der Waals surface area contributed by atoms with E-state index < -0.39 is 10.6 Å². The predicted octanol–water partition coefficient (Wildman–Crippen LogP) is -0.120. The molecule has 1 aliphatic rings. The molecule has 9 heteroatoms. The summed E-state index contributed by atoms with van der Waals surface area (Å²) in [6.07, 6.45) is 1.34. The fourth-order valence-electron chi connectivity index (χ4n) is 2.32. The first kappa shape index (κ1) is 18.6. The number of ether oxygens (including phenoxy) is 2. The number of aliphatic hydroxyl groups is 1. The summed E-state index contributed by atoms with van der Waals surface area (Å²) in [5.74, 6) is 0.473. The highest BCUT2D eigenvalue weighted by Gasteiger charge is 2.27. The lowest BCUT2D eigenvalue weighted by molar-refractivity contribution is -0.526. The molecule has 0 radical (unpaired) electrons. The minimum atomic E-state index is -0.628. The molecule has 22 heavy (non-hydrogen) atoms. The number of rotatable bonds is 8. The summed E-state index contributed by atoms with van der Waals surface area (Å²) in [6, 6.07) is 0. The number of methoxy groups -OCH3 is 1. The number of nitrogens with one attached hydrogen (secondary N) is 1. The molecule has 9 nitrogen and oxygen atoms in total. The summed E-state index contributed by atoms with van der Waals surface area (Å²) in [7, 11) is 3.26. The highest BCUT2D eigenvalue weighted by atomic mass is 16.7. The normalized spacial score (nSPS) is 21.5. The Morgan fingerprint density at radius 2 is 2.41 bits per heavy atom. The van der Waals surface area contributed by atoms with Gasteiger partial charge in [-0.1, -0.05) is 5.43 Å². The van der Waals surface area contributed by atoms with E-state index in [4.69, 9.17) is 14.6 Å². The highest BCUT2D eigenvalue weighted by molar-refractivity contribution is 5.78. The zero-order chi connectivity index (χ0) is 16.6. The third-order valence-electron chi connectivity index (χ3n) is 3.78. The Morgan fingerprint density at radius 3 is 2.91 bits per heavy atom. The second kappa shape index (κ2) is 8.86. The molecular formula is C13H26N4O5. The number of nitro groups is 1. The average molecular weight is 318 g/mol. The minimum absolute atomic E-state index is 0.0211.